The number of benzene rings is 1. The first kappa shape index (κ1) is 20.1. The van der Waals surface area contributed by atoms with Crippen LogP contribution in [0.15, 0.2) is 22.1 Å². The van der Waals surface area contributed by atoms with E-state index in [1.165, 1.54) is 13.0 Å². The van der Waals surface area contributed by atoms with Gasteiger partial charge in [0.25, 0.3) is 0 Å². The summed E-state index contributed by atoms with van der Waals surface area (Å²) < 4.78 is 39.9. The monoisotopic (exact) mass is 415 g/mol. The van der Waals surface area contributed by atoms with E-state index in [1.807, 2.05) is 27.7 Å². The largest absolute Gasteiger partial charge is 0.492 e. The van der Waals surface area contributed by atoms with E-state index in [0.29, 0.717) is 5.47 Å². The van der Waals surface area contributed by atoms with Gasteiger partial charge in [0.1, 0.15) is 11.6 Å². The molecular formula is C17H21BBrF2NO3. The third-order valence-corrected chi connectivity index (χ3v) is 5.09. The van der Waals surface area contributed by atoms with Crippen molar-refractivity contribution in [1.29, 1.82) is 0 Å². The van der Waals surface area contributed by atoms with Crippen LogP contribution >= 0.6 is 15.9 Å². The molecule has 0 aromatic heterocycles. The van der Waals surface area contributed by atoms with Crippen molar-refractivity contribution in [3.8, 4) is 0 Å². The van der Waals surface area contributed by atoms with Crippen LogP contribution < -0.4 is 5.32 Å². The van der Waals surface area contributed by atoms with Crippen molar-refractivity contribution in [2.24, 2.45) is 0 Å². The van der Waals surface area contributed by atoms with Crippen molar-refractivity contribution < 1.29 is 22.9 Å². The summed E-state index contributed by atoms with van der Waals surface area (Å²) in [7, 11) is -0.775. The molecule has 1 aliphatic heterocycles. The Labute approximate surface area is 155 Å². The third-order valence-electron chi connectivity index (χ3n) is 4.48. The van der Waals surface area contributed by atoms with Crippen molar-refractivity contribution in [3.63, 3.8) is 0 Å². The van der Waals surface area contributed by atoms with Gasteiger partial charge in [-0.15, -0.1) is 0 Å². The van der Waals surface area contributed by atoms with Gasteiger partial charge in [0.15, 0.2) is 0 Å². The minimum Gasteiger partial charge on any atom is -0.400 e. The van der Waals surface area contributed by atoms with E-state index in [4.69, 9.17) is 9.31 Å². The molecule has 1 heterocycles. The lowest BCUT2D eigenvalue weighted by Gasteiger charge is -2.32. The first-order valence-electron chi connectivity index (χ1n) is 7.88. The van der Waals surface area contributed by atoms with Crippen LogP contribution in [-0.2, 0) is 14.1 Å². The van der Waals surface area contributed by atoms with Crippen LogP contribution in [0.5, 0.6) is 0 Å². The molecule has 8 heteroatoms. The Morgan fingerprint density at radius 3 is 2.28 bits per heavy atom. The lowest BCUT2D eigenvalue weighted by molar-refractivity contribution is -0.118. The number of nitrogens with one attached hydrogen (secondary N) is 1. The number of halogens is 3. The van der Waals surface area contributed by atoms with Crippen LogP contribution in [0.4, 0.5) is 8.78 Å². The first-order chi connectivity index (χ1) is 11.4. The van der Waals surface area contributed by atoms with E-state index in [2.05, 4.69) is 21.2 Å². The van der Waals surface area contributed by atoms with Crippen LogP contribution in [0.1, 0.15) is 40.2 Å². The molecule has 1 aliphatic rings. The van der Waals surface area contributed by atoms with Gasteiger partial charge in [0, 0.05) is 19.0 Å². The second kappa shape index (κ2) is 7.17. The summed E-state index contributed by atoms with van der Waals surface area (Å²) in [6, 6.07) is 2.14. The van der Waals surface area contributed by atoms with Gasteiger partial charge < -0.3 is 14.6 Å². The van der Waals surface area contributed by atoms with E-state index in [9.17, 15) is 13.6 Å². The minimum atomic E-state index is -0.775. The average Bonchev–Trinajstić information content (AvgIpc) is 2.68. The fraction of sp³-hybridized carbons (Fsp3) is 0.471. The quantitative estimate of drug-likeness (QED) is 0.599. The zero-order valence-corrected chi connectivity index (χ0v) is 16.5. The number of carbonyl (C=O) groups excluding carboxylic acids is 1. The van der Waals surface area contributed by atoms with E-state index in [-0.39, 0.29) is 22.5 Å². The summed E-state index contributed by atoms with van der Waals surface area (Å²) in [5.41, 5.74) is -0.627. The molecule has 1 fully saturated rings. The first-order valence-corrected chi connectivity index (χ1v) is 8.67. The van der Waals surface area contributed by atoms with Gasteiger partial charge in [-0.2, -0.15) is 0 Å². The molecule has 2 rings (SSSR count). The number of amides is 1. The molecule has 1 N–H and O–H groups in total. The Balaban J connectivity index is 2.40. The standard InChI is InChI=1S/C17H21BBrF2NO3/c1-10(23)22-9-12(18-24-16(2,3)17(4,5)25-18)6-11-7-15(21)13(19)8-14(11)20/h6-8H,9H2,1-5H3,(H,22,23). The van der Waals surface area contributed by atoms with Gasteiger partial charge in [0.05, 0.1) is 15.7 Å². The van der Waals surface area contributed by atoms with E-state index >= 15 is 0 Å². The lowest BCUT2D eigenvalue weighted by Crippen LogP contribution is -2.41. The number of carbonyl (C=O) groups is 1. The van der Waals surface area contributed by atoms with Crippen molar-refractivity contribution in [3.05, 3.63) is 39.3 Å². The van der Waals surface area contributed by atoms with Gasteiger partial charge in [-0.25, -0.2) is 8.78 Å². The van der Waals surface area contributed by atoms with Gasteiger partial charge in [0.2, 0.25) is 5.91 Å². The molecule has 1 aromatic rings. The molecule has 0 spiro atoms. The second-order valence-corrected chi connectivity index (χ2v) is 7.86. The molecule has 1 saturated heterocycles. The van der Waals surface area contributed by atoms with Crippen molar-refractivity contribution >= 4 is 35.0 Å². The van der Waals surface area contributed by atoms with Gasteiger partial charge in [-0.3, -0.25) is 4.79 Å². The summed E-state index contributed by atoms with van der Waals surface area (Å²) in [6.45, 7) is 9.04. The lowest BCUT2D eigenvalue weighted by atomic mass is 9.77. The molecule has 1 aromatic carbocycles. The predicted octanol–water partition coefficient (Wildman–Crippen LogP) is 3.88. The highest BCUT2D eigenvalue weighted by Crippen LogP contribution is 2.39. The maximum absolute atomic E-state index is 14.2. The molecule has 1 amide bonds. The molecule has 0 atom stereocenters. The molecule has 136 valence electrons. The number of hydrogen-bond donors (Lipinski definition) is 1. The summed E-state index contributed by atoms with van der Waals surface area (Å²) >= 11 is 2.95. The van der Waals surface area contributed by atoms with Crippen molar-refractivity contribution in [2.75, 3.05) is 6.54 Å². The van der Waals surface area contributed by atoms with E-state index in [1.54, 1.807) is 0 Å². The van der Waals surface area contributed by atoms with Crippen LogP contribution in [0, 0.1) is 11.6 Å². The van der Waals surface area contributed by atoms with Gasteiger partial charge >= 0.3 is 7.12 Å². The fourth-order valence-corrected chi connectivity index (χ4v) is 2.59. The molecule has 0 saturated carbocycles. The zero-order valence-electron chi connectivity index (χ0n) is 14.9. The maximum Gasteiger partial charge on any atom is 0.492 e. The highest BCUT2D eigenvalue weighted by Gasteiger charge is 2.52. The Hall–Kier alpha value is -1.25. The normalized spacial score (nSPS) is 19.2. The molecule has 25 heavy (non-hydrogen) atoms. The van der Waals surface area contributed by atoms with Gasteiger partial charge in [-0.05, 0) is 61.2 Å². The maximum atomic E-state index is 14.2. The predicted molar refractivity (Wildman–Crippen MR) is 96.8 cm³/mol. The summed E-state index contributed by atoms with van der Waals surface area (Å²) in [6.07, 6.45) is 1.45. The van der Waals surface area contributed by atoms with Crippen molar-refractivity contribution in [2.45, 2.75) is 45.8 Å². The second-order valence-electron chi connectivity index (χ2n) is 7.01. The fourth-order valence-electron chi connectivity index (χ4n) is 2.27. The van der Waals surface area contributed by atoms with E-state index in [0.717, 1.165) is 12.1 Å². The Morgan fingerprint density at radius 1 is 1.20 bits per heavy atom. The smallest absolute Gasteiger partial charge is 0.400 e. The Bertz CT molecular complexity index is 706. The molecule has 4 nitrogen and oxygen atoms in total. The molecule has 0 bridgehead atoms. The minimum absolute atomic E-state index is 0.0428. The number of rotatable bonds is 4. The highest BCUT2D eigenvalue weighted by molar-refractivity contribution is 9.10. The van der Waals surface area contributed by atoms with Gasteiger partial charge in [-0.1, -0.05) is 6.08 Å². The Kier molecular flexibility index (Phi) is 5.76. The van der Waals surface area contributed by atoms with Crippen LogP contribution in [0.3, 0.4) is 0 Å². The van der Waals surface area contributed by atoms with Crippen molar-refractivity contribution in [1.82, 2.24) is 5.32 Å². The Morgan fingerprint density at radius 2 is 1.76 bits per heavy atom. The average molecular weight is 416 g/mol. The molecule has 0 aliphatic carbocycles. The van der Waals surface area contributed by atoms with E-state index < -0.39 is 30.0 Å². The molecule has 0 unspecified atom stereocenters. The highest BCUT2D eigenvalue weighted by atomic mass is 79.9. The summed E-state index contributed by atoms with van der Waals surface area (Å²) in [5.74, 6) is -1.42. The summed E-state index contributed by atoms with van der Waals surface area (Å²) in [4.78, 5) is 11.3. The van der Waals surface area contributed by atoms with Crippen LogP contribution in [0.25, 0.3) is 6.08 Å². The number of hydrogen-bond acceptors (Lipinski definition) is 3. The van der Waals surface area contributed by atoms with Crippen LogP contribution in [-0.4, -0.2) is 30.8 Å². The summed E-state index contributed by atoms with van der Waals surface area (Å²) in [5, 5.41) is 2.65. The molecular weight excluding hydrogens is 395 g/mol. The molecule has 0 radical (unpaired) electrons. The zero-order chi connectivity index (χ0) is 19.0. The SMILES string of the molecule is CC(=O)NCC(=Cc1cc(F)c(Br)cc1F)B1OC(C)(C)C(C)(C)O1. The van der Waals surface area contributed by atoms with Crippen LogP contribution in [0.2, 0.25) is 0 Å². The topological polar surface area (TPSA) is 47.6 Å². The third kappa shape index (κ3) is 4.48.